The van der Waals surface area contributed by atoms with Crippen molar-refractivity contribution in [2.24, 2.45) is 0 Å². The smallest absolute Gasteiger partial charge is 0.343 e. The van der Waals surface area contributed by atoms with Gasteiger partial charge in [0.05, 0.1) is 24.3 Å². The molecule has 4 nitrogen and oxygen atoms in total. The maximum atomic E-state index is 11.8. The number of esters is 1. The van der Waals surface area contributed by atoms with Gasteiger partial charge in [-0.15, -0.1) is 0 Å². The van der Waals surface area contributed by atoms with E-state index in [9.17, 15) is 4.79 Å². The molecule has 0 aliphatic rings. The number of methoxy groups -OCH3 is 1. The van der Waals surface area contributed by atoms with Crippen LogP contribution in [0, 0.1) is 11.3 Å². The molecule has 0 atom stereocenters. The number of carbonyl (C=O) groups is 1. The number of nitriles is 1. The minimum atomic E-state index is -0.463. The summed E-state index contributed by atoms with van der Waals surface area (Å²) in [5, 5.41) is 8.67. The van der Waals surface area contributed by atoms with Crippen molar-refractivity contribution in [3.63, 3.8) is 0 Å². The van der Waals surface area contributed by atoms with Crippen LogP contribution >= 0.6 is 0 Å². The zero-order chi connectivity index (χ0) is 13.7. The maximum Gasteiger partial charge on any atom is 0.343 e. The van der Waals surface area contributed by atoms with Crippen LogP contribution in [-0.2, 0) is 0 Å². The van der Waals surface area contributed by atoms with Gasteiger partial charge in [0.15, 0.2) is 0 Å². The molecule has 94 valence electrons. The molecule has 0 saturated heterocycles. The van der Waals surface area contributed by atoms with Gasteiger partial charge >= 0.3 is 5.97 Å². The highest BCUT2D eigenvalue weighted by Crippen LogP contribution is 2.18. The van der Waals surface area contributed by atoms with Gasteiger partial charge in [-0.1, -0.05) is 0 Å². The Labute approximate surface area is 110 Å². The van der Waals surface area contributed by atoms with Gasteiger partial charge in [-0.05, 0) is 48.5 Å². The molecule has 4 heteroatoms. The summed E-state index contributed by atoms with van der Waals surface area (Å²) in [6, 6.07) is 15.0. The summed E-state index contributed by atoms with van der Waals surface area (Å²) < 4.78 is 10.2. The largest absolute Gasteiger partial charge is 0.497 e. The van der Waals surface area contributed by atoms with Crippen molar-refractivity contribution in [3.8, 4) is 17.6 Å². The first-order valence-corrected chi connectivity index (χ1v) is 5.59. The topological polar surface area (TPSA) is 59.3 Å². The zero-order valence-corrected chi connectivity index (χ0v) is 10.3. The molecule has 0 aliphatic heterocycles. The van der Waals surface area contributed by atoms with Crippen molar-refractivity contribution in [2.75, 3.05) is 7.11 Å². The van der Waals surface area contributed by atoms with Crippen LogP contribution in [0.15, 0.2) is 48.5 Å². The highest BCUT2D eigenvalue weighted by molar-refractivity contribution is 5.91. The summed E-state index contributed by atoms with van der Waals surface area (Å²) in [6.45, 7) is 0. The summed E-state index contributed by atoms with van der Waals surface area (Å²) in [4.78, 5) is 11.8. The van der Waals surface area contributed by atoms with Gasteiger partial charge in [-0.3, -0.25) is 0 Å². The zero-order valence-electron chi connectivity index (χ0n) is 10.3. The van der Waals surface area contributed by atoms with E-state index >= 15 is 0 Å². The third-order valence-electron chi connectivity index (χ3n) is 2.52. The fraction of sp³-hybridized carbons (Fsp3) is 0.0667. The average molecular weight is 253 g/mol. The van der Waals surface area contributed by atoms with Gasteiger partial charge < -0.3 is 9.47 Å². The summed E-state index contributed by atoms with van der Waals surface area (Å²) in [6.07, 6.45) is 0. The molecule has 2 aromatic rings. The summed E-state index contributed by atoms with van der Waals surface area (Å²) >= 11 is 0. The summed E-state index contributed by atoms with van der Waals surface area (Å²) in [5.74, 6) is 0.669. The summed E-state index contributed by atoms with van der Waals surface area (Å²) in [5.41, 5.74) is 0.899. The Morgan fingerprint density at radius 3 is 2.11 bits per heavy atom. The first-order valence-electron chi connectivity index (χ1n) is 5.59. The van der Waals surface area contributed by atoms with E-state index in [1.165, 1.54) is 0 Å². The highest BCUT2D eigenvalue weighted by Gasteiger charge is 2.08. The minimum Gasteiger partial charge on any atom is -0.497 e. The number of hydrogen-bond donors (Lipinski definition) is 0. The molecule has 0 unspecified atom stereocenters. The van der Waals surface area contributed by atoms with Crippen molar-refractivity contribution >= 4 is 5.97 Å². The fourth-order valence-electron chi connectivity index (χ4n) is 1.49. The lowest BCUT2D eigenvalue weighted by atomic mass is 10.1. The number of benzene rings is 2. The Balaban J connectivity index is 2.09. The monoisotopic (exact) mass is 253 g/mol. The van der Waals surface area contributed by atoms with Crippen LogP contribution in [0.2, 0.25) is 0 Å². The van der Waals surface area contributed by atoms with E-state index in [1.54, 1.807) is 55.6 Å². The summed E-state index contributed by atoms with van der Waals surface area (Å²) in [7, 11) is 1.57. The van der Waals surface area contributed by atoms with Crippen LogP contribution in [0.1, 0.15) is 15.9 Å². The van der Waals surface area contributed by atoms with Gasteiger partial charge in [-0.2, -0.15) is 5.26 Å². The second-order valence-electron chi connectivity index (χ2n) is 3.75. The molecular weight excluding hydrogens is 242 g/mol. The second-order valence-corrected chi connectivity index (χ2v) is 3.75. The van der Waals surface area contributed by atoms with E-state index in [2.05, 4.69) is 0 Å². The van der Waals surface area contributed by atoms with E-state index in [-0.39, 0.29) is 0 Å². The van der Waals surface area contributed by atoms with Crippen LogP contribution in [0.5, 0.6) is 11.5 Å². The van der Waals surface area contributed by atoms with E-state index < -0.39 is 5.97 Å². The fourth-order valence-corrected chi connectivity index (χ4v) is 1.49. The first-order chi connectivity index (χ1) is 9.22. The van der Waals surface area contributed by atoms with Gasteiger partial charge in [0.2, 0.25) is 0 Å². The third kappa shape index (κ3) is 3.11. The molecule has 0 amide bonds. The van der Waals surface area contributed by atoms with Crippen molar-refractivity contribution in [1.29, 1.82) is 5.26 Å². The lowest BCUT2D eigenvalue weighted by Gasteiger charge is -2.05. The maximum absolute atomic E-state index is 11.8. The van der Waals surface area contributed by atoms with Crippen molar-refractivity contribution < 1.29 is 14.3 Å². The van der Waals surface area contributed by atoms with Crippen molar-refractivity contribution in [1.82, 2.24) is 0 Å². The molecule has 2 rings (SSSR count). The molecular formula is C15H11NO3. The number of ether oxygens (including phenoxy) is 2. The quantitative estimate of drug-likeness (QED) is 0.623. The molecule has 0 aliphatic carbocycles. The van der Waals surface area contributed by atoms with E-state index in [0.717, 1.165) is 0 Å². The average Bonchev–Trinajstić information content (AvgIpc) is 2.48. The Hall–Kier alpha value is -2.80. The molecule has 0 bridgehead atoms. The van der Waals surface area contributed by atoms with Crippen LogP contribution in [0.4, 0.5) is 0 Å². The van der Waals surface area contributed by atoms with Crippen LogP contribution in [0.3, 0.4) is 0 Å². The Bertz CT molecular complexity index is 609. The van der Waals surface area contributed by atoms with Crippen LogP contribution < -0.4 is 9.47 Å². The predicted octanol–water partition coefficient (Wildman–Crippen LogP) is 2.79. The Morgan fingerprint density at radius 2 is 1.58 bits per heavy atom. The molecule has 19 heavy (non-hydrogen) atoms. The molecule has 0 heterocycles. The molecule has 0 N–H and O–H groups in total. The lowest BCUT2D eigenvalue weighted by Crippen LogP contribution is -2.08. The molecule has 2 aromatic carbocycles. The standard InChI is InChI=1S/C15H11NO3/c1-18-13-6-8-14(9-7-13)19-15(17)12-4-2-11(10-16)3-5-12/h2-9H,1H3. The van der Waals surface area contributed by atoms with E-state index in [0.29, 0.717) is 22.6 Å². The molecule has 0 radical (unpaired) electrons. The van der Waals surface area contributed by atoms with Gasteiger partial charge in [0, 0.05) is 0 Å². The SMILES string of the molecule is COc1ccc(OC(=O)c2ccc(C#N)cc2)cc1. The van der Waals surface area contributed by atoms with Crippen molar-refractivity contribution in [2.45, 2.75) is 0 Å². The first kappa shape index (κ1) is 12.7. The molecule has 0 fully saturated rings. The number of nitrogens with zero attached hydrogens (tertiary/aromatic N) is 1. The minimum absolute atomic E-state index is 0.398. The molecule has 0 aromatic heterocycles. The van der Waals surface area contributed by atoms with Gasteiger partial charge in [-0.25, -0.2) is 4.79 Å². The van der Waals surface area contributed by atoms with Gasteiger partial charge in [0.1, 0.15) is 11.5 Å². The number of hydrogen-bond acceptors (Lipinski definition) is 4. The number of carbonyl (C=O) groups excluding carboxylic acids is 1. The third-order valence-corrected chi connectivity index (χ3v) is 2.52. The second kappa shape index (κ2) is 5.69. The van der Waals surface area contributed by atoms with Crippen LogP contribution in [-0.4, -0.2) is 13.1 Å². The number of rotatable bonds is 3. The highest BCUT2D eigenvalue weighted by atomic mass is 16.5. The predicted molar refractivity (Wildman–Crippen MR) is 69.1 cm³/mol. The van der Waals surface area contributed by atoms with Gasteiger partial charge in [0.25, 0.3) is 0 Å². The van der Waals surface area contributed by atoms with Crippen molar-refractivity contribution in [3.05, 3.63) is 59.7 Å². The molecule has 0 saturated carbocycles. The van der Waals surface area contributed by atoms with Crippen LogP contribution in [0.25, 0.3) is 0 Å². The lowest BCUT2D eigenvalue weighted by molar-refractivity contribution is 0.0734. The van der Waals surface area contributed by atoms with E-state index in [4.69, 9.17) is 14.7 Å². The molecule has 0 spiro atoms. The Morgan fingerprint density at radius 1 is 1.00 bits per heavy atom. The van der Waals surface area contributed by atoms with E-state index in [1.807, 2.05) is 6.07 Å². The normalized spacial score (nSPS) is 9.47. The Kier molecular flexibility index (Phi) is 3.79.